The van der Waals surface area contributed by atoms with E-state index in [0.29, 0.717) is 23.1 Å². The van der Waals surface area contributed by atoms with Crippen molar-refractivity contribution in [1.29, 1.82) is 0 Å². The topological polar surface area (TPSA) is 58.6 Å². The average Bonchev–Trinajstić information content (AvgIpc) is 2.22. The number of hydrogen-bond acceptors (Lipinski definition) is 3. The summed E-state index contributed by atoms with van der Waals surface area (Å²) in [7, 11) is 0. The van der Waals surface area contributed by atoms with E-state index in [4.69, 9.17) is 21.4 Å². The number of carbonyl (C=O) groups excluding carboxylic acids is 1. The molecule has 1 rings (SSSR count). The summed E-state index contributed by atoms with van der Waals surface area (Å²) in [5.74, 6) is 0.0939. The van der Waals surface area contributed by atoms with Gasteiger partial charge in [0.25, 0.3) is 0 Å². The number of nitrogens with one attached hydrogen (secondary N) is 1. The third-order valence-electron chi connectivity index (χ3n) is 1.66. The molecule has 2 N–H and O–H groups in total. The lowest BCUT2D eigenvalue weighted by molar-refractivity contribution is -0.118. The average molecular weight is 230 g/mol. The molecule has 0 bridgehead atoms. The van der Waals surface area contributed by atoms with Crippen LogP contribution in [0.25, 0.3) is 0 Å². The summed E-state index contributed by atoms with van der Waals surface area (Å²) in [6, 6.07) is 4.89. The van der Waals surface area contributed by atoms with Gasteiger partial charge in [-0.05, 0) is 25.1 Å². The maximum atomic E-state index is 10.9. The van der Waals surface area contributed by atoms with Crippen LogP contribution < -0.4 is 10.1 Å². The van der Waals surface area contributed by atoms with Crippen molar-refractivity contribution in [3.05, 3.63) is 23.2 Å². The summed E-state index contributed by atoms with van der Waals surface area (Å²) < 4.78 is 5.23. The maximum absolute atomic E-state index is 10.9. The van der Waals surface area contributed by atoms with E-state index in [1.807, 2.05) is 6.92 Å². The monoisotopic (exact) mass is 229 g/mol. The van der Waals surface area contributed by atoms with E-state index in [-0.39, 0.29) is 0 Å². The highest BCUT2D eigenvalue weighted by Crippen LogP contribution is 2.27. The predicted octanol–water partition coefficient (Wildman–Crippen LogP) is 1.67. The van der Waals surface area contributed by atoms with Crippen molar-refractivity contribution in [2.45, 2.75) is 6.92 Å². The van der Waals surface area contributed by atoms with Crippen LogP contribution in [0.1, 0.15) is 6.92 Å². The van der Waals surface area contributed by atoms with Gasteiger partial charge in [-0.25, -0.2) is 0 Å². The first-order valence-corrected chi connectivity index (χ1v) is 4.88. The van der Waals surface area contributed by atoms with Gasteiger partial charge < -0.3 is 15.2 Å². The van der Waals surface area contributed by atoms with Gasteiger partial charge in [-0.2, -0.15) is 0 Å². The Balaban J connectivity index is 2.77. The minimum Gasteiger partial charge on any atom is -0.492 e. The van der Waals surface area contributed by atoms with Crippen LogP contribution in [0.15, 0.2) is 18.2 Å². The number of aliphatic hydroxyl groups is 1. The summed E-state index contributed by atoms with van der Waals surface area (Å²) in [4.78, 5) is 10.9. The van der Waals surface area contributed by atoms with Crippen LogP contribution in [-0.2, 0) is 4.79 Å². The Labute approximate surface area is 92.8 Å². The molecule has 15 heavy (non-hydrogen) atoms. The molecule has 0 heterocycles. The summed E-state index contributed by atoms with van der Waals surface area (Å²) in [6.45, 7) is 1.84. The molecule has 1 aromatic carbocycles. The number of rotatable bonds is 4. The van der Waals surface area contributed by atoms with Gasteiger partial charge in [-0.1, -0.05) is 11.6 Å². The summed E-state index contributed by atoms with van der Waals surface area (Å²) in [5.41, 5.74) is 0.530. The summed E-state index contributed by atoms with van der Waals surface area (Å²) in [5, 5.41) is 11.4. The quantitative estimate of drug-likeness (QED) is 0.826. The summed E-state index contributed by atoms with van der Waals surface area (Å²) in [6.07, 6.45) is 0. The van der Waals surface area contributed by atoms with Crippen LogP contribution in [-0.4, -0.2) is 24.2 Å². The molecule has 4 nitrogen and oxygen atoms in total. The fourth-order valence-electron chi connectivity index (χ4n) is 1.05. The number of halogens is 1. The molecule has 1 aromatic rings. The molecule has 5 heteroatoms. The predicted molar refractivity (Wildman–Crippen MR) is 58.3 cm³/mol. The zero-order chi connectivity index (χ0) is 11.3. The lowest BCUT2D eigenvalue weighted by Gasteiger charge is -2.08. The van der Waals surface area contributed by atoms with E-state index >= 15 is 0 Å². The number of aliphatic hydroxyl groups excluding tert-OH is 1. The Bertz CT molecular complexity index is 355. The highest BCUT2D eigenvalue weighted by Gasteiger charge is 2.04. The van der Waals surface area contributed by atoms with Gasteiger partial charge >= 0.3 is 0 Å². The molecule has 0 radical (unpaired) electrons. The van der Waals surface area contributed by atoms with Gasteiger partial charge in [-0.3, -0.25) is 4.79 Å². The Kier molecular flexibility index (Phi) is 4.39. The van der Waals surface area contributed by atoms with Crippen molar-refractivity contribution < 1.29 is 14.6 Å². The molecule has 82 valence electrons. The zero-order valence-electron chi connectivity index (χ0n) is 8.29. The first-order valence-electron chi connectivity index (χ1n) is 4.50. The smallest absolute Gasteiger partial charge is 0.250 e. The largest absolute Gasteiger partial charge is 0.492 e. The van der Waals surface area contributed by atoms with Gasteiger partial charge in [0.15, 0.2) is 0 Å². The highest BCUT2D eigenvalue weighted by molar-refractivity contribution is 6.32. The van der Waals surface area contributed by atoms with Crippen LogP contribution in [0.4, 0.5) is 5.69 Å². The van der Waals surface area contributed by atoms with E-state index in [1.54, 1.807) is 18.2 Å². The minimum atomic E-state index is -0.551. The molecular weight excluding hydrogens is 218 g/mol. The van der Waals surface area contributed by atoms with Gasteiger partial charge in [0.2, 0.25) is 5.91 Å². The molecule has 0 atom stereocenters. The van der Waals surface area contributed by atoms with Gasteiger partial charge in [0.1, 0.15) is 12.4 Å². The van der Waals surface area contributed by atoms with Crippen molar-refractivity contribution in [2.75, 3.05) is 18.5 Å². The third kappa shape index (κ3) is 3.42. The number of carbonyl (C=O) groups is 1. The molecule has 0 aliphatic rings. The van der Waals surface area contributed by atoms with E-state index < -0.39 is 12.5 Å². The first kappa shape index (κ1) is 11.8. The second-order valence-electron chi connectivity index (χ2n) is 2.78. The zero-order valence-corrected chi connectivity index (χ0v) is 9.04. The van der Waals surface area contributed by atoms with E-state index in [1.165, 1.54) is 0 Å². The molecule has 0 unspecified atom stereocenters. The van der Waals surface area contributed by atoms with Crippen molar-refractivity contribution in [3.8, 4) is 5.75 Å². The fourth-order valence-corrected chi connectivity index (χ4v) is 1.29. The second kappa shape index (κ2) is 5.58. The number of benzene rings is 1. The SMILES string of the molecule is CCOc1ccc(NC(=O)CO)cc1Cl. The Morgan fingerprint density at radius 2 is 2.33 bits per heavy atom. The number of hydrogen-bond donors (Lipinski definition) is 2. The molecule has 0 aromatic heterocycles. The standard InChI is InChI=1S/C10H12ClNO3/c1-2-15-9-4-3-7(5-8(9)11)12-10(14)6-13/h3-5,13H,2,6H2,1H3,(H,12,14). The molecule has 0 spiro atoms. The van der Waals surface area contributed by atoms with E-state index in [0.717, 1.165) is 0 Å². The Morgan fingerprint density at radius 3 is 2.87 bits per heavy atom. The van der Waals surface area contributed by atoms with Crippen molar-refractivity contribution in [2.24, 2.45) is 0 Å². The van der Waals surface area contributed by atoms with Gasteiger partial charge in [0, 0.05) is 5.69 Å². The molecule has 0 saturated heterocycles. The van der Waals surface area contributed by atoms with Crippen LogP contribution in [0, 0.1) is 0 Å². The van der Waals surface area contributed by atoms with E-state index in [9.17, 15) is 4.79 Å². The van der Waals surface area contributed by atoms with Crippen molar-refractivity contribution in [1.82, 2.24) is 0 Å². The minimum absolute atomic E-state index is 0.424. The fraction of sp³-hybridized carbons (Fsp3) is 0.300. The maximum Gasteiger partial charge on any atom is 0.250 e. The molecule has 0 aliphatic carbocycles. The third-order valence-corrected chi connectivity index (χ3v) is 1.95. The Morgan fingerprint density at radius 1 is 1.60 bits per heavy atom. The molecule has 0 aliphatic heterocycles. The molecular formula is C10H12ClNO3. The highest BCUT2D eigenvalue weighted by atomic mass is 35.5. The van der Waals surface area contributed by atoms with Crippen molar-refractivity contribution >= 4 is 23.2 Å². The first-order chi connectivity index (χ1) is 7.17. The Hall–Kier alpha value is -1.26. The van der Waals surface area contributed by atoms with Crippen LogP contribution in [0.3, 0.4) is 0 Å². The van der Waals surface area contributed by atoms with Crippen LogP contribution in [0.5, 0.6) is 5.75 Å². The summed E-state index contributed by atoms with van der Waals surface area (Å²) >= 11 is 5.90. The normalized spacial score (nSPS) is 9.80. The van der Waals surface area contributed by atoms with Gasteiger partial charge in [0.05, 0.1) is 11.6 Å². The number of ether oxygens (including phenoxy) is 1. The van der Waals surface area contributed by atoms with Crippen LogP contribution in [0.2, 0.25) is 5.02 Å². The molecule has 1 amide bonds. The number of amides is 1. The van der Waals surface area contributed by atoms with Gasteiger partial charge in [-0.15, -0.1) is 0 Å². The lowest BCUT2D eigenvalue weighted by Crippen LogP contribution is -2.15. The lowest BCUT2D eigenvalue weighted by atomic mass is 10.3. The second-order valence-corrected chi connectivity index (χ2v) is 3.19. The van der Waals surface area contributed by atoms with E-state index in [2.05, 4.69) is 5.32 Å². The molecule has 0 saturated carbocycles. The van der Waals surface area contributed by atoms with Crippen LogP contribution >= 0.6 is 11.6 Å². The number of anilines is 1. The molecule has 0 fully saturated rings. The van der Waals surface area contributed by atoms with Crippen molar-refractivity contribution in [3.63, 3.8) is 0 Å².